The monoisotopic (exact) mass is 512 g/mol. The van der Waals surface area contributed by atoms with E-state index in [0.29, 0.717) is 29.0 Å². The first-order valence-corrected chi connectivity index (χ1v) is 13.4. The van der Waals surface area contributed by atoms with Gasteiger partial charge in [-0.1, -0.05) is 52.3 Å². The van der Waals surface area contributed by atoms with Crippen LogP contribution in [-0.2, 0) is 12.8 Å². The molecule has 0 saturated heterocycles. The summed E-state index contributed by atoms with van der Waals surface area (Å²) in [7, 11) is 8.15. The molecule has 0 aliphatic rings. The van der Waals surface area contributed by atoms with Gasteiger partial charge >= 0.3 is 11.9 Å². The van der Waals surface area contributed by atoms with Gasteiger partial charge in [-0.15, -0.1) is 0 Å². The van der Waals surface area contributed by atoms with Crippen molar-refractivity contribution in [2.24, 2.45) is 11.8 Å². The molecule has 6 heteroatoms. The van der Waals surface area contributed by atoms with E-state index >= 15 is 0 Å². The molecule has 2 N–H and O–H groups in total. The minimum Gasteiger partial charge on any atom is -0.478 e. The standard InChI is InChI=1S/C17H27NO2.C14H21NO2/c1-5-13(12-15(6-2)18(3)4)11-14-9-7-8-10-16(14)17(19)20;1-10(2)5-6-11-9-12(15(3)4)7-8-13(11)14(16)17/h7-10,13,15H,5-6,11-12H2,1-4H3,(H,19,20);7-10H,5-6H2,1-4H3,(H,16,17). The number of nitrogens with zero attached hydrogens (tertiary/aromatic N) is 2. The van der Waals surface area contributed by atoms with E-state index in [0.717, 1.165) is 55.3 Å². The summed E-state index contributed by atoms with van der Waals surface area (Å²) in [6.07, 6.45) is 6.01. The van der Waals surface area contributed by atoms with E-state index in [9.17, 15) is 14.7 Å². The molecule has 0 saturated carbocycles. The van der Waals surface area contributed by atoms with E-state index in [1.165, 1.54) is 0 Å². The zero-order chi connectivity index (χ0) is 28.1. The average Bonchev–Trinajstić information content (AvgIpc) is 2.85. The van der Waals surface area contributed by atoms with Gasteiger partial charge in [-0.2, -0.15) is 0 Å². The summed E-state index contributed by atoms with van der Waals surface area (Å²) in [5.41, 5.74) is 3.81. The summed E-state index contributed by atoms with van der Waals surface area (Å²) >= 11 is 0. The minimum absolute atomic E-state index is 0.427. The Kier molecular flexibility index (Phi) is 14.0. The normalized spacial score (nSPS) is 12.6. The molecule has 2 atom stereocenters. The molecule has 0 aliphatic heterocycles. The van der Waals surface area contributed by atoms with Crippen molar-refractivity contribution in [2.45, 2.75) is 72.3 Å². The first-order chi connectivity index (χ1) is 17.4. The van der Waals surface area contributed by atoms with Crippen molar-refractivity contribution >= 4 is 17.6 Å². The predicted octanol–water partition coefficient (Wildman–Crippen LogP) is 6.72. The van der Waals surface area contributed by atoms with Gasteiger partial charge in [0.15, 0.2) is 0 Å². The van der Waals surface area contributed by atoms with E-state index < -0.39 is 11.9 Å². The Morgan fingerprint density at radius 1 is 0.838 bits per heavy atom. The Balaban J connectivity index is 0.000000375. The van der Waals surface area contributed by atoms with Crippen LogP contribution in [0.25, 0.3) is 0 Å². The van der Waals surface area contributed by atoms with Crippen LogP contribution in [0.1, 0.15) is 85.2 Å². The molecule has 6 nitrogen and oxygen atoms in total. The summed E-state index contributed by atoms with van der Waals surface area (Å²) in [6.45, 7) is 8.70. The Labute approximate surface area is 224 Å². The number of rotatable bonds is 13. The molecule has 206 valence electrons. The number of benzene rings is 2. The van der Waals surface area contributed by atoms with E-state index in [2.05, 4.69) is 46.7 Å². The second kappa shape index (κ2) is 16.1. The molecular formula is C31H48N2O4. The zero-order valence-corrected chi connectivity index (χ0v) is 24.1. The number of aryl methyl sites for hydroxylation is 1. The summed E-state index contributed by atoms with van der Waals surface area (Å²) in [5, 5.41) is 18.4. The van der Waals surface area contributed by atoms with Crippen LogP contribution in [0.2, 0.25) is 0 Å². The van der Waals surface area contributed by atoms with E-state index in [-0.39, 0.29) is 0 Å². The highest BCUT2D eigenvalue weighted by Crippen LogP contribution is 2.23. The number of carboxylic acids is 2. The zero-order valence-electron chi connectivity index (χ0n) is 24.1. The molecular weight excluding hydrogens is 464 g/mol. The first-order valence-electron chi connectivity index (χ1n) is 13.4. The van der Waals surface area contributed by atoms with E-state index in [4.69, 9.17) is 5.11 Å². The lowest BCUT2D eigenvalue weighted by Crippen LogP contribution is -2.30. The molecule has 0 aliphatic carbocycles. The van der Waals surface area contributed by atoms with Crippen LogP contribution in [-0.4, -0.2) is 61.3 Å². The van der Waals surface area contributed by atoms with Gasteiger partial charge in [0.2, 0.25) is 0 Å². The lowest BCUT2D eigenvalue weighted by molar-refractivity contribution is 0.0684. The molecule has 37 heavy (non-hydrogen) atoms. The van der Waals surface area contributed by atoms with Gasteiger partial charge < -0.3 is 20.0 Å². The van der Waals surface area contributed by atoms with Crippen LogP contribution < -0.4 is 4.90 Å². The van der Waals surface area contributed by atoms with Crippen molar-refractivity contribution < 1.29 is 19.8 Å². The summed E-state index contributed by atoms with van der Waals surface area (Å²) in [5.74, 6) is -0.549. The van der Waals surface area contributed by atoms with Crippen LogP contribution in [0, 0.1) is 11.8 Å². The molecule has 0 radical (unpaired) electrons. The molecule has 0 fully saturated rings. The van der Waals surface area contributed by atoms with Crippen LogP contribution in [0.3, 0.4) is 0 Å². The second-order valence-corrected chi connectivity index (χ2v) is 10.7. The van der Waals surface area contributed by atoms with Crippen molar-refractivity contribution in [1.29, 1.82) is 0 Å². The maximum absolute atomic E-state index is 11.3. The fraction of sp³-hybridized carbons (Fsp3) is 0.548. The topological polar surface area (TPSA) is 81.1 Å². The average molecular weight is 513 g/mol. The lowest BCUT2D eigenvalue weighted by atomic mass is 9.88. The van der Waals surface area contributed by atoms with Gasteiger partial charge in [-0.3, -0.25) is 0 Å². The third-order valence-corrected chi connectivity index (χ3v) is 6.97. The molecule has 0 aromatic heterocycles. The maximum atomic E-state index is 11.3. The second-order valence-electron chi connectivity index (χ2n) is 10.7. The van der Waals surface area contributed by atoms with Crippen LogP contribution >= 0.6 is 0 Å². The van der Waals surface area contributed by atoms with Crippen molar-refractivity contribution in [1.82, 2.24) is 4.90 Å². The minimum atomic E-state index is -0.839. The van der Waals surface area contributed by atoms with Crippen molar-refractivity contribution in [3.63, 3.8) is 0 Å². The van der Waals surface area contributed by atoms with Crippen molar-refractivity contribution in [3.8, 4) is 0 Å². The van der Waals surface area contributed by atoms with Crippen molar-refractivity contribution in [3.05, 3.63) is 64.7 Å². The lowest BCUT2D eigenvalue weighted by Gasteiger charge is -2.27. The number of hydrogen-bond donors (Lipinski definition) is 2. The quantitative estimate of drug-likeness (QED) is 0.310. The fourth-order valence-corrected chi connectivity index (χ4v) is 4.46. The van der Waals surface area contributed by atoms with Crippen LogP contribution in [0.15, 0.2) is 42.5 Å². The predicted molar refractivity (Wildman–Crippen MR) is 154 cm³/mol. The van der Waals surface area contributed by atoms with Gasteiger partial charge in [-0.05, 0) is 93.4 Å². The van der Waals surface area contributed by atoms with Gasteiger partial charge in [0.05, 0.1) is 11.1 Å². The number of anilines is 1. The van der Waals surface area contributed by atoms with Crippen molar-refractivity contribution in [2.75, 3.05) is 33.1 Å². The Morgan fingerprint density at radius 2 is 1.43 bits per heavy atom. The molecule has 0 bridgehead atoms. The Morgan fingerprint density at radius 3 is 1.92 bits per heavy atom. The molecule has 2 aromatic rings. The summed E-state index contributed by atoms with van der Waals surface area (Å²) in [4.78, 5) is 26.7. The molecule has 0 amide bonds. The highest BCUT2D eigenvalue weighted by atomic mass is 16.4. The number of carbonyl (C=O) groups is 2. The number of carboxylic acid groups (broad SMARTS) is 2. The van der Waals surface area contributed by atoms with Crippen LogP contribution in [0.4, 0.5) is 5.69 Å². The highest BCUT2D eigenvalue weighted by Gasteiger charge is 2.18. The Bertz CT molecular complexity index is 985. The van der Waals surface area contributed by atoms with Gasteiger partial charge in [0, 0.05) is 25.8 Å². The third kappa shape index (κ3) is 11.0. The highest BCUT2D eigenvalue weighted by molar-refractivity contribution is 5.90. The number of hydrogen-bond acceptors (Lipinski definition) is 4. The van der Waals surface area contributed by atoms with Gasteiger partial charge in [-0.25, -0.2) is 9.59 Å². The first kappa shape index (κ1) is 32.2. The SMILES string of the molecule is CC(C)CCc1cc(N(C)C)ccc1C(=O)O.CCC(Cc1ccccc1C(=O)O)CC(CC)N(C)C. The number of aromatic carboxylic acids is 2. The van der Waals surface area contributed by atoms with Gasteiger partial charge in [0.1, 0.15) is 0 Å². The van der Waals surface area contributed by atoms with E-state index in [1.54, 1.807) is 18.2 Å². The molecule has 0 heterocycles. The molecule has 0 spiro atoms. The molecule has 2 unspecified atom stereocenters. The third-order valence-electron chi connectivity index (χ3n) is 6.97. The smallest absolute Gasteiger partial charge is 0.335 e. The van der Waals surface area contributed by atoms with Gasteiger partial charge in [0.25, 0.3) is 0 Å². The van der Waals surface area contributed by atoms with Crippen LogP contribution in [0.5, 0.6) is 0 Å². The largest absolute Gasteiger partial charge is 0.478 e. The maximum Gasteiger partial charge on any atom is 0.335 e. The molecule has 2 aromatic carbocycles. The fourth-order valence-electron chi connectivity index (χ4n) is 4.46. The Hall–Kier alpha value is -2.86. The summed E-state index contributed by atoms with van der Waals surface area (Å²) in [6, 6.07) is 13.5. The van der Waals surface area contributed by atoms with E-state index in [1.807, 2.05) is 43.3 Å². The molecule has 2 rings (SSSR count). The summed E-state index contributed by atoms with van der Waals surface area (Å²) < 4.78 is 0.